The van der Waals surface area contributed by atoms with Crippen molar-refractivity contribution in [2.24, 2.45) is 7.05 Å². The van der Waals surface area contributed by atoms with Crippen LogP contribution < -0.4 is 10.4 Å². The topological polar surface area (TPSA) is 77.7 Å². The van der Waals surface area contributed by atoms with Crippen LogP contribution in [0.3, 0.4) is 0 Å². The summed E-state index contributed by atoms with van der Waals surface area (Å²) >= 11 is 0. The average Bonchev–Trinajstić information content (AvgIpc) is 2.62. The van der Waals surface area contributed by atoms with E-state index in [-0.39, 0.29) is 12.3 Å². The standard InChI is InChI=1S/C10H11N5O/c1-14-10(11)15(13-12-14)7-9(16)8-5-3-2-4-6-8/h2-6,11H,7H2,1H3/p+1. The lowest BCUT2D eigenvalue weighted by Gasteiger charge is -1.97. The number of benzene rings is 1. The molecule has 0 bridgehead atoms. The molecule has 1 heterocycles. The Kier molecular flexibility index (Phi) is 2.63. The molecule has 1 aromatic carbocycles. The number of Topliss-reactive ketones (excluding diaryl/α,β-unsaturated/α-hetero) is 1. The summed E-state index contributed by atoms with van der Waals surface area (Å²) in [5, 5.41) is 7.48. The van der Waals surface area contributed by atoms with E-state index in [0.717, 1.165) is 0 Å². The number of anilines is 1. The van der Waals surface area contributed by atoms with E-state index in [1.807, 2.05) is 18.2 Å². The fraction of sp³-hybridized carbons (Fsp3) is 0.200. The van der Waals surface area contributed by atoms with Gasteiger partial charge in [-0.05, 0) is 0 Å². The second kappa shape index (κ2) is 4.09. The molecule has 0 radical (unpaired) electrons. The van der Waals surface area contributed by atoms with E-state index >= 15 is 0 Å². The van der Waals surface area contributed by atoms with Gasteiger partial charge in [0.1, 0.15) is 5.21 Å². The molecule has 1 aromatic heterocycles. The predicted molar refractivity (Wildman–Crippen MR) is 56.4 cm³/mol. The molecule has 6 nitrogen and oxygen atoms in total. The molecule has 0 atom stereocenters. The number of rotatable bonds is 3. The van der Waals surface area contributed by atoms with Crippen LogP contribution in [0.25, 0.3) is 0 Å². The van der Waals surface area contributed by atoms with Crippen molar-refractivity contribution in [2.75, 3.05) is 5.73 Å². The van der Waals surface area contributed by atoms with Gasteiger partial charge in [-0.2, -0.15) is 0 Å². The first-order chi connectivity index (χ1) is 7.68. The minimum Gasteiger partial charge on any atom is -0.306 e. The first-order valence-corrected chi connectivity index (χ1v) is 4.82. The van der Waals surface area contributed by atoms with Gasteiger partial charge in [-0.25, -0.2) is 0 Å². The quantitative estimate of drug-likeness (QED) is 0.560. The number of hydrogen-bond acceptors (Lipinski definition) is 4. The Hall–Kier alpha value is -2.24. The molecule has 0 aliphatic carbocycles. The van der Waals surface area contributed by atoms with Crippen LogP contribution in [0.2, 0.25) is 0 Å². The smallest absolute Gasteiger partial charge is 0.306 e. The Balaban J connectivity index is 2.17. The van der Waals surface area contributed by atoms with Crippen molar-refractivity contribution in [1.82, 2.24) is 15.1 Å². The van der Waals surface area contributed by atoms with Gasteiger partial charge in [0.05, 0.1) is 12.3 Å². The van der Waals surface area contributed by atoms with Crippen molar-refractivity contribution >= 4 is 11.7 Å². The van der Waals surface area contributed by atoms with E-state index in [1.165, 1.54) is 9.36 Å². The lowest BCUT2D eigenvalue weighted by atomic mass is 10.1. The number of tetrazole rings is 1. The van der Waals surface area contributed by atoms with Crippen LogP contribution in [0.5, 0.6) is 0 Å². The van der Waals surface area contributed by atoms with Gasteiger partial charge < -0.3 is 5.73 Å². The van der Waals surface area contributed by atoms with Crippen LogP contribution in [0.4, 0.5) is 5.95 Å². The summed E-state index contributed by atoms with van der Waals surface area (Å²) in [4.78, 5) is 11.8. The van der Waals surface area contributed by atoms with Gasteiger partial charge in [-0.3, -0.25) is 4.79 Å². The Labute approximate surface area is 92.3 Å². The van der Waals surface area contributed by atoms with Crippen molar-refractivity contribution in [3.05, 3.63) is 35.9 Å². The van der Waals surface area contributed by atoms with Crippen LogP contribution in [0.1, 0.15) is 10.4 Å². The molecule has 0 amide bonds. The van der Waals surface area contributed by atoms with Gasteiger partial charge in [0, 0.05) is 5.56 Å². The molecule has 0 fully saturated rings. The van der Waals surface area contributed by atoms with Crippen LogP contribution in [-0.2, 0) is 13.6 Å². The van der Waals surface area contributed by atoms with Crippen LogP contribution >= 0.6 is 0 Å². The number of aromatic nitrogens is 4. The summed E-state index contributed by atoms with van der Waals surface area (Å²) in [6.07, 6.45) is 0. The largest absolute Gasteiger partial charge is 0.362 e. The summed E-state index contributed by atoms with van der Waals surface area (Å²) in [6.45, 7) is 0.101. The fourth-order valence-corrected chi connectivity index (χ4v) is 1.33. The molecule has 0 spiro atoms. The molecule has 6 heteroatoms. The third kappa shape index (κ3) is 1.90. The molecule has 16 heavy (non-hydrogen) atoms. The maximum atomic E-state index is 11.8. The van der Waals surface area contributed by atoms with E-state index in [2.05, 4.69) is 10.4 Å². The van der Waals surface area contributed by atoms with Gasteiger partial charge in [0.15, 0.2) is 12.3 Å². The highest BCUT2D eigenvalue weighted by molar-refractivity contribution is 5.95. The Morgan fingerprint density at radius 3 is 2.69 bits per heavy atom. The van der Waals surface area contributed by atoms with Crippen molar-refractivity contribution in [1.29, 1.82) is 0 Å². The number of aryl methyl sites for hydroxylation is 1. The SMILES string of the molecule is C[n+]1nnn(CC(=O)c2ccccc2)c1N. The summed E-state index contributed by atoms with van der Waals surface area (Å²) < 4.78 is 2.79. The second-order valence-corrected chi connectivity index (χ2v) is 3.41. The van der Waals surface area contributed by atoms with E-state index in [0.29, 0.717) is 11.5 Å². The Morgan fingerprint density at radius 1 is 1.44 bits per heavy atom. The zero-order valence-corrected chi connectivity index (χ0v) is 8.87. The number of nitrogens with zero attached hydrogens (tertiary/aromatic N) is 4. The zero-order valence-electron chi connectivity index (χ0n) is 8.87. The summed E-state index contributed by atoms with van der Waals surface area (Å²) in [5.41, 5.74) is 6.32. The fourth-order valence-electron chi connectivity index (χ4n) is 1.33. The molecule has 82 valence electrons. The second-order valence-electron chi connectivity index (χ2n) is 3.41. The highest BCUT2D eigenvalue weighted by Gasteiger charge is 2.17. The first-order valence-electron chi connectivity index (χ1n) is 4.82. The molecule has 0 aliphatic heterocycles. The number of carbonyl (C=O) groups is 1. The number of ketones is 1. The molecule has 0 saturated carbocycles. The van der Waals surface area contributed by atoms with Crippen LogP contribution in [0.15, 0.2) is 30.3 Å². The van der Waals surface area contributed by atoms with Gasteiger partial charge in [0.25, 0.3) is 0 Å². The first kappa shape index (κ1) is 10.3. The number of nitrogens with two attached hydrogens (primary N) is 1. The lowest BCUT2D eigenvalue weighted by molar-refractivity contribution is -0.718. The van der Waals surface area contributed by atoms with E-state index in [1.54, 1.807) is 19.2 Å². The summed E-state index contributed by atoms with van der Waals surface area (Å²) in [6, 6.07) is 9.02. The van der Waals surface area contributed by atoms with Gasteiger partial charge >= 0.3 is 5.95 Å². The molecule has 0 unspecified atom stereocenters. The highest BCUT2D eigenvalue weighted by Crippen LogP contribution is 2.02. The number of nitrogen functional groups attached to an aromatic ring is 1. The number of hydrogen-bond donors (Lipinski definition) is 1. The zero-order chi connectivity index (χ0) is 11.5. The number of carbonyl (C=O) groups excluding carboxylic acids is 1. The molecule has 2 rings (SSSR count). The monoisotopic (exact) mass is 218 g/mol. The minimum atomic E-state index is -0.0437. The average molecular weight is 218 g/mol. The third-order valence-corrected chi connectivity index (χ3v) is 2.27. The summed E-state index contributed by atoms with van der Waals surface area (Å²) in [5.74, 6) is 0.307. The third-order valence-electron chi connectivity index (χ3n) is 2.27. The Bertz CT molecular complexity index is 505. The molecular formula is C10H12N5O+. The maximum absolute atomic E-state index is 11.8. The van der Waals surface area contributed by atoms with Crippen molar-refractivity contribution in [3.8, 4) is 0 Å². The molecule has 0 saturated heterocycles. The summed E-state index contributed by atoms with van der Waals surface area (Å²) in [7, 11) is 1.67. The molecular weight excluding hydrogens is 206 g/mol. The maximum Gasteiger partial charge on any atom is 0.362 e. The van der Waals surface area contributed by atoms with Gasteiger partial charge in [-0.1, -0.05) is 35.0 Å². The van der Waals surface area contributed by atoms with E-state index in [9.17, 15) is 4.79 Å². The molecule has 2 N–H and O–H groups in total. The minimum absolute atomic E-state index is 0.0437. The van der Waals surface area contributed by atoms with E-state index < -0.39 is 0 Å². The highest BCUT2D eigenvalue weighted by atomic mass is 16.1. The lowest BCUT2D eigenvalue weighted by Crippen LogP contribution is -2.34. The normalized spacial score (nSPS) is 10.3. The van der Waals surface area contributed by atoms with E-state index in [4.69, 9.17) is 5.73 Å². The van der Waals surface area contributed by atoms with Gasteiger partial charge in [-0.15, -0.1) is 4.68 Å². The molecule has 0 aliphatic rings. The molecule has 2 aromatic rings. The van der Waals surface area contributed by atoms with Crippen molar-refractivity contribution in [2.45, 2.75) is 6.54 Å². The van der Waals surface area contributed by atoms with Crippen molar-refractivity contribution < 1.29 is 9.48 Å². The van der Waals surface area contributed by atoms with Crippen LogP contribution in [0, 0.1) is 0 Å². The Morgan fingerprint density at radius 2 is 2.12 bits per heavy atom. The predicted octanol–water partition coefficient (Wildman–Crippen LogP) is -0.432. The van der Waals surface area contributed by atoms with Crippen LogP contribution in [-0.4, -0.2) is 20.9 Å². The van der Waals surface area contributed by atoms with Crippen molar-refractivity contribution in [3.63, 3.8) is 0 Å². The van der Waals surface area contributed by atoms with Gasteiger partial charge in [0.2, 0.25) is 0 Å².